The molecule has 0 radical (unpaired) electrons. The predicted octanol–water partition coefficient (Wildman–Crippen LogP) is 1.28. The molecule has 0 aliphatic rings. The van der Waals surface area contributed by atoms with Crippen LogP contribution in [0.25, 0.3) is 0 Å². The van der Waals surface area contributed by atoms with Crippen molar-refractivity contribution in [3.8, 4) is 0 Å². The van der Waals surface area contributed by atoms with Gasteiger partial charge < -0.3 is 9.94 Å². The Hall–Kier alpha value is -1.18. The van der Waals surface area contributed by atoms with Gasteiger partial charge in [0.2, 0.25) is 4.84 Å². The van der Waals surface area contributed by atoms with Gasteiger partial charge in [0.1, 0.15) is 0 Å². The van der Waals surface area contributed by atoms with E-state index in [0.29, 0.717) is 0 Å². The maximum Gasteiger partial charge on any atom is 0.367 e. The first-order chi connectivity index (χ1) is 7.52. The number of oxime groups is 1. The molecule has 0 aliphatic carbocycles. The van der Waals surface area contributed by atoms with Gasteiger partial charge in [0.25, 0.3) is 0 Å². The minimum Gasteiger partial charge on any atom is -0.476 e. The van der Waals surface area contributed by atoms with E-state index in [4.69, 9.17) is 28.3 Å². The standard InChI is InChI=1S/C7H4Cl2N2O4S/c8-5(9)7(14)15-11-4(6(12)13)3-1-10-16-2-3/h1-2,5H,(H,12,13)/b11-4+. The van der Waals surface area contributed by atoms with Crippen LogP contribution < -0.4 is 0 Å². The molecule has 1 aromatic heterocycles. The fraction of sp³-hybridized carbons (Fsp3) is 0.143. The molecule has 1 heterocycles. The number of aliphatic carboxylic acids is 1. The van der Waals surface area contributed by atoms with E-state index < -0.39 is 22.5 Å². The lowest BCUT2D eigenvalue weighted by atomic mass is 10.2. The lowest BCUT2D eigenvalue weighted by Gasteiger charge is -1.99. The summed E-state index contributed by atoms with van der Waals surface area (Å²) in [6.45, 7) is 0. The Bertz CT molecular complexity index is 418. The van der Waals surface area contributed by atoms with Gasteiger partial charge in [0, 0.05) is 10.9 Å². The third-order valence-corrected chi connectivity index (χ3v) is 2.26. The Morgan fingerprint density at radius 1 is 1.56 bits per heavy atom. The van der Waals surface area contributed by atoms with Crippen LogP contribution in [0.4, 0.5) is 0 Å². The van der Waals surface area contributed by atoms with Crippen LogP contribution >= 0.6 is 34.7 Å². The number of alkyl halides is 2. The van der Waals surface area contributed by atoms with Crippen molar-refractivity contribution in [2.75, 3.05) is 0 Å². The van der Waals surface area contributed by atoms with Crippen LogP contribution in [0, 0.1) is 0 Å². The SMILES string of the molecule is O=C(O)/C(=N/OC(=O)C(Cl)Cl)c1cnsc1. The number of carbonyl (C=O) groups excluding carboxylic acids is 1. The van der Waals surface area contributed by atoms with Gasteiger partial charge in [-0.1, -0.05) is 28.4 Å². The number of aromatic nitrogens is 1. The molecule has 9 heteroatoms. The third-order valence-electron chi connectivity index (χ3n) is 1.31. The summed E-state index contributed by atoms with van der Waals surface area (Å²) in [5.41, 5.74) is -0.220. The first-order valence-electron chi connectivity index (χ1n) is 3.72. The van der Waals surface area contributed by atoms with Crippen LogP contribution in [-0.2, 0) is 14.4 Å². The maximum absolute atomic E-state index is 10.8. The van der Waals surface area contributed by atoms with E-state index in [9.17, 15) is 9.59 Å². The molecular formula is C7H4Cl2N2O4S. The van der Waals surface area contributed by atoms with Gasteiger partial charge in [-0.05, 0) is 11.5 Å². The quantitative estimate of drug-likeness (QED) is 0.389. The molecule has 0 amide bonds. The number of rotatable bonds is 4. The van der Waals surface area contributed by atoms with Gasteiger partial charge in [-0.25, -0.2) is 14.0 Å². The van der Waals surface area contributed by atoms with Crippen LogP contribution in [0.1, 0.15) is 5.56 Å². The molecule has 1 rings (SSSR count). The molecule has 6 nitrogen and oxygen atoms in total. The van der Waals surface area contributed by atoms with Crippen LogP contribution in [-0.4, -0.2) is 32.0 Å². The van der Waals surface area contributed by atoms with Crippen LogP contribution in [0.5, 0.6) is 0 Å². The van der Waals surface area contributed by atoms with Gasteiger partial charge in [-0.15, -0.1) is 0 Å². The zero-order chi connectivity index (χ0) is 12.1. The van der Waals surface area contributed by atoms with Gasteiger partial charge in [0.15, 0.2) is 5.71 Å². The highest BCUT2D eigenvalue weighted by molar-refractivity contribution is 7.03. The fourth-order valence-electron chi connectivity index (χ4n) is 0.668. The molecule has 0 bridgehead atoms. The number of hydrogen-bond acceptors (Lipinski definition) is 6. The Morgan fingerprint density at radius 2 is 2.25 bits per heavy atom. The average molecular weight is 283 g/mol. The summed E-state index contributed by atoms with van der Waals surface area (Å²) in [7, 11) is 0. The number of nitrogens with zero attached hydrogens (tertiary/aromatic N) is 2. The molecule has 0 aliphatic heterocycles. The van der Waals surface area contributed by atoms with E-state index in [1.165, 1.54) is 11.6 Å². The molecule has 0 atom stereocenters. The summed E-state index contributed by atoms with van der Waals surface area (Å²) >= 11 is 11.4. The van der Waals surface area contributed by atoms with Crippen molar-refractivity contribution >= 4 is 52.4 Å². The summed E-state index contributed by atoms with van der Waals surface area (Å²) in [5, 5.41) is 13.4. The van der Waals surface area contributed by atoms with E-state index in [-0.39, 0.29) is 5.56 Å². The normalized spacial score (nSPS) is 11.6. The van der Waals surface area contributed by atoms with Crippen molar-refractivity contribution < 1.29 is 19.5 Å². The van der Waals surface area contributed by atoms with E-state index >= 15 is 0 Å². The van der Waals surface area contributed by atoms with Gasteiger partial charge >= 0.3 is 11.9 Å². The summed E-state index contributed by atoms with van der Waals surface area (Å²) in [4.78, 5) is 24.4. The molecule has 1 aromatic rings. The first-order valence-corrected chi connectivity index (χ1v) is 5.43. The molecule has 0 unspecified atom stereocenters. The van der Waals surface area contributed by atoms with Crippen molar-refractivity contribution in [1.29, 1.82) is 0 Å². The molecule has 0 aromatic carbocycles. The van der Waals surface area contributed by atoms with Crippen molar-refractivity contribution in [3.05, 3.63) is 17.1 Å². The second-order valence-electron chi connectivity index (χ2n) is 2.37. The minimum absolute atomic E-state index is 0.228. The number of carboxylic acid groups (broad SMARTS) is 1. The van der Waals surface area contributed by atoms with E-state index in [1.54, 1.807) is 0 Å². The van der Waals surface area contributed by atoms with Gasteiger partial charge in [-0.3, -0.25) is 0 Å². The second kappa shape index (κ2) is 5.78. The number of carbonyl (C=O) groups is 2. The van der Waals surface area contributed by atoms with E-state index in [2.05, 4.69) is 14.4 Å². The third kappa shape index (κ3) is 3.44. The molecular weight excluding hydrogens is 279 g/mol. The predicted molar refractivity (Wildman–Crippen MR) is 57.9 cm³/mol. The average Bonchev–Trinajstić information content (AvgIpc) is 2.70. The molecule has 0 spiro atoms. The molecule has 0 saturated carbocycles. The first kappa shape index (κ1) is 12.9. The highest BCUT2D eigenvalue weighted by Gasteiger charge is 2.18. The Balaban J connectivity index is 2.84. The number of halogens is 2. The lowest BCUT2D eigenvalue weighted by molar-refractivity contribution is -0.141. The summed E-state index contributed by atoms with van der Waals surface area (Å²) < 4.78 is 3.69. The van der Waals surface area contributed by atoms with Crippen LogP contribution in [0.2, 0.25) is 0 Å². The van der Waals surface area contributed by atoms with Crippen LogP contribution in [0.15, 0.2) is 16.7 Å². The zero-order valence-electron chi connectivity index (χ0n) is 7.46. The molecule has 16 heavy (non-hydrogen) atoms. The molecule has 0 fully saturated rings. The number of carboxylic acids is 1. The van der Waals surface area contributed by atoms with Crippen molar-refractivity contribution in [2.45, 2.75) is 4.84 Å². The Labute approximate surface area is 104 Å². The highest BCUT2D eigenvalue weighted by atomic mass is 35.5. The lowest BCUT2D eigenvalue weighted by Crippen LogP contribution is -2.17. The fourth-order valence-corrected chi connectivity index (χ4v) is 1.27. The van der Waals surface area contributed by atoms with E-state index in [1.807, 2.05) is 0 Å². The largest absolute Gasteiger partial charge is 0.476 e. The molecule has 1 N–H and O–H groups in total. The van der Waals surface area contributed by atoms with Crippen molar-refractivity contribution in [2.24, 2.45) is 5.16 Å². The molecule has 0 saturated heterocycles. The van der Waals surface area contributed by atoms with Gasteiger partial charge in [0.05, 0.1) is 6.20 Å². The zero-order valence-corrected chi connectivity index (χ0v) is 9.79. The van der Waals surface area contributed by atoms with Gasteiger partial charge in [-0.2, -0.15) is 0 Å². The van der Waals surface area contributed by atoms with Crippen LogP contribution in [0.3, 0.4) is 0 Å². The second-order valence-corrected chi connectivity index (χ2v) is 4.12. The summed E-state index contributed by atoms with van der Waals surface area (Å²) in [6.07, 6.45) is 1.28. The number of hydrogen-bond donors (Lipinski definition) is 1. The molecule has 86 valence electrons. The Kier molecular flexibility index (Phi) is 4.66. The summed E-state index contributed by atoms with van der Waals surface area (Å²) in [5.74, 6) is -2.40. The Morgan fingerprint density at radius 3 is 2.69 bits per heavy atom. The van der Waals surface area contributed by atoms with E-state index in [0.717, 1.165) is 11.5 Å². The highest BCUT2D eigenvalue weighted by Crippen LogP contribution is 2.07. The van der Waals surface area contributed by atoms with Crippen molar-refractivity contribution in [3.63, 3.8) is 0 Å². The summed E-state index contributed by atoms with van der Waals surface area (Å²) in [6, 6.07) is 0. The topological polar surface area (TPSA) is 88.9 Å². The van der Waals surface area contributed by atoms with Crippen molar-refractivity contribution in [1.82, 2.24) is 4.37 Å². The smallest absolute Gasteiger partial charge is 0.367 e. The monoisotopic (exact) mass is 282 g/mol. The minimum atomic E-state index is -1.42. The maximum atomic E-state index is 10.8.